The molecule has 0 saturated heterocycles. The van der Waals surface area contributed by atoms with Crippen molar-refractivity contribution in [1.82, 2.24) is 4.57 Å². The molecule has 0 amide bonds. The topological polar surface area (TPSA) is 94.6 Å². The first kappa shape index (κ1) is 13.0. The molecule has 7 heteroatoms. The second-order valence-electron chi connectivity index (χ2n) is 3.99. The number of fused-ring (bicyclic) bond motifs is 1. The minimum atomic E-state index is -1.06. The largest absolute Gasteiger partial charge is 0.478 e. The van der Waals surface area contributed by atoms with Crippen molar-refractivity contribution < 1.29 is 19.6 Å². The van der Waals surface area contributed by atoms with E-state index in [1.165, 1.54) is 31.5 Å². The third kappa shape index (κ3) is 2.41. The van der Waals surface area contributed by atoms with Crippen molar-refractivity contribution in [2.45, 2.75) is 6.54 Å². The molecule has 0 bridgehead atoms. The second kappa shape index (κ2) is 5.07. The Hall–Kier alpha value is -2.41. The fraction of sp³-hybridized carbons (Fsp3) is 0.250. The van der Waals surface area contributed by atoms with Gasteiger partial charge in [0.05, 0.1) is 22.6 Å². The van der Waals surface area contributed by atoms with Crippen LogP contribution in [0.5, 0.6) is 0 Å². The highest BCUT2D eigenvalue weighted by molar-refractivity contribution is 6.04. The molecule has 0 radical (unpaired) electrons. The Morgan fingerprint density at radius 3 is 2.84 bits per heavy atom. The molecule has 0 fully saturated rings. The van der Waals surface area contributed by atoms with Crippen molar-refractivity contribution in [2.75, 3.05) is 13.7 Å². The average Bonchev–Trinajstić information content (AvgIpc) is 2.74. The lowest BCUT2D eigenvalue weighted by atomic mass is 10.1. The van der Waals surface area contributed by atoms with Gasteiger partial charge in [-0.2, -0.15) is 0 Å². The number of benzene rings is 1. The van der Waals surface area contributed by atoms with Crippen LogP contribution in [-0.2, 0) is 11.3 Å². The van der Waals surface area contributed by atoms with Crippen LogP contribution in [0.4, 0.5) is 5.69 Å². The van der Waals surface area contributed by atoms with Crippen molar-refractivity contribution in [1.29, 1.82) is 0 Å². The molecule has 1 aromatic heterocycles. The Morgan fingerprint density at radius 1 is 1.53 bits per heavy atom. The number of hydrogen-bond acceptors (Lipinski definition) is 4. The predicted octanol–water partition coefficient (Wildman–Crippen LogP) is 1.89. The molecule has 0 unspecified atom stereocenters. The van der Waals surface area contributed by atoms with Gasteiger partial charge in [0.2, 0.25) is 0 Å². The average molecular weight is 264 g/mol. The van der Waals surface area contributed by atoms with Gasteiger partial charge in [-0.05, 0) is 6.07 Å². The Bertz CT molecular complexity index is 647. The summed E-state index contributed by atoms with van der Waals surface area (Å²) in [4.78, 5) is 21.4. The number of aromatic carboxylic acids is 1. The molecule has 1 heterocycles. The zero-order valence-electron chi connectivity index (χ0n) is 10.2. The SMILES string of the molecule is COCCn1cc(C(=O)O)c2ccc([N+](=O)[O-])cc21. The summed E-state index contributed by atoms with van der Waals surface area (Å²) in [7, 11) is 1.53. The van der Waals surface area contributed by atoms with E-state index in [2.05, 4.69) is 0 Å². The fourth-order valence-corrected chi connectivity index (χ4v) is 1.94. The van der Waals surface area contributed by atoms with E-state index in [0.29, 0.717) is 24.1 Å². The molecule has 100 valence electrons. The van der Waals surface area contributed by atoms with Gasteiger partial charge in [0.15, 0.2) is 0 Å². The summed E-state index contributed by atoms with van der Waals surface area (Å²) in [6.45, 7) is 0.826. The highest BCUT2D eigenvalue weighted by Gasteiger charge is 2.17. The van der Waals surface area contributed by atoms with Gasteiger partial charge in [0.1, 0.15) is 0 Å². The number of aromatic nitrogens is 1. The summed E-state index contributed by atoms with van der Waals surface area (Å²) in [6.07, 6.45) is 1.47. The van der Waals surface area contributed by atoms with Crippen molar-refractivity contribution in [3.63, 3.8) is 0 Å². The quantitative estimate of drug-likeness (QED) is 0.657. The smallest absolute Gasteiger partial charge is 0.337 e. The summed E-state index contributed by atoms with van der Waals surface area (Å²) >= 11 is 0. The van der Waals surface area contributed by atoms with Crippen LogP contribution in [0, 0.1) is 10.1 Å². The number of rotatable bonds is 5. The van der Waals surface area contributed by atoms with E-state index in [1.807, 2.05) is 0 Å². The molecule has 0 atom stereocenters. The van der Waals surface area contributed by atoms with Gasteiger partial charge in [0, 0.05) is 37.4 Å². The summed E-state index contributed by atoms with van der Waals surface area (Å²) in [5.74, 6) is -1.06. The van der Waals surface area contributed by atoms with Crippen molar-refractivity contribution in [3.8, 4) is 0 Å². The van der Waals surface area contributed by atoms with Gasteiger partial charge in [-0.15, -0.1) is 0 Å². The highest BCUT2D eigenvalue weighted by atomic mass is 16.6. The summed E-state index contributed by atoms with van der Waals surface area (Å²) in [6, 6.07) is 4.13. The Labute approximate surface area is 108 Å². The molecule has 1 aromatic carbocycles. The van der Waals surface area contributed by atoms with E-state index >= 15 is 0 Å². The van der Waals surface area contributed by atoms with Crippen LogP contribution in [0.2, 0.25) is 0 Å². The number of methoxy groups -OCH3 is 1. The van der Waals surface area contributed by atoms with Gasteiger partial charge >= 0.3 is 5.97 Å². The zero-order chi connectivity index (χ0) is 14.0. The van der Waals surface area contributed by atoms with Crippen LogP contribution >= 0.6 is 0 Å². The minimum absolute atomic E-state index is 0.0683. The molecule has 7 nitrogen and oxygen atoms in total. The minimum Gasteiger partial charge on any atom is -0.478 e. The van der Waals surface area contributed by atoms with E-state index < -0.39 is 10.9 Å². The maximum atomic E-state index is 11.1. The van der Waals surface area contributed by atoms with E-state index in [4.69, 9.17) is 9.84 Å². The van der Waals surface area contributed by atoms with Crippen LogP contribution < -0.4 is 0 Å². The molecule has 0 aliphatic carbocycles. The monoisotopic (exact) mass is 264 g/mol. The van der Waals surface area contributed by atoms with Crippen molar-refractivity contribution >= 4 is 22.6 Å². The molecular weight excluding hydrogens is 252 g/mol. The number of ether oxygens (including phenoxy) is 1. The zero-order valence-corrected chi connectivity index (χ0v) is 10.2. The van der Waals surface area contributed by atoms with Gasteiger partial charge in [0.25, 0.3) is 5.69 Å². The first-order valence-corrected chi connectivity index (χ1v) is 5.54. The van der Waals surface area contributed by atoms with Gasteiger partial charge in [-0.1, -0.05) is 0 Å². The number of carboxylic acid groups (broad SMARTS) is 1. The van der Waals surface area contributed by atoms with Gasteiger partial charge < -0.3 is 14.4 Å². The van der Waals surface area contributed by atoms with E-state index in [-0.39, 0.29) is 11.3 Å². The molecule has 1 N–H and O–H groups in total. The fourth-order valence-electron chi connectivity index (χ4n) is 1.94. The first-order chi connectivity index (χ1) is 9.04. The number of nitro groups is 1. The molecule has 0 spiro atoms. The van der Waals surface area contributed by atoms with Gasteiger partial charge in [-0.25, -0.2) is 4.79 Å². The number of carboxylic acids is 1. The van der Waals surface area contributed by atoms with Crippen LogP contribution in [0.1, 0.15) is 10.4 Å². The number of nitro benzene ring substituents is 1. The second-order valence-corrected chi connectivity index (χ2v) is 3.99. The molecule has 0 aliphatic rings. The van der Waals surface area contributed by atoms with E-state index in [1.54, 1.807) is 4.57 Å². The van der Waals surface area contributed by atoms with Crippen molar-refractivity contribution in [3.05, 3.63) is 40.1 Å². The van der Waals surface area contributed by atoms with E-state index in [0.717, 1.165) is 0 Å². The number of non-ortho nitro benzene ring substituents is 1. The van der Waals surface area contributed by atoms with Crippen LogP contribution in [0.3, 0.4) is 0 Å². The first-order valence-electron chi connectivity index (χ1n) is 5.54. The maximum Gasteiger partial charge on any atom is 0.337 e. The Kier molecular flexibility index (Phi) is 3.48. The third-order valence-electron chi connectivity index (χ3n) is 2.84. The number of carbonyl (C=O) groups is 1. The van der Waals surface area contributed by atoms with Crippen molar-refractivity contribution in [2.24, 2.45) is 0 Å². The molecule has 19 heavy (non-hydrogen) atoms. The molecular formula is C12H12N2O5. The molecule has 0 saturated carbocycles. The summed E-state index contributed by atoms with van der Waals surface area (Å²) < 4.78 is 6.59. The van der Waals surface area contributed by atoms with Crippen LogP contribution in [0.15, 0.2) is 24.4 Å². The molecule has 2 rings (SSSR count). The van der Waals surface area contributed by atoms with Gasteiger partial charge in [-0.3, -0.25) is 10.1 Å². The third-order valence-corrected chi connectivity index (χ3v) is 2.84. The normalized spacial score (nSPS) is 10.8. The standard InChI is InChI=1S/C12H12N2O5/c1-19-5-4-13-7-10(12(15)16)9-3-2-8(14(17)18)6-11(9)13/h2-3,6-7H,4-5H2,1H3,(H,15,16). The van der Waals surface area contributed by atoms with Crippen LogP contribution in [0.25, 0.3) is 10.9 Å². The lowest BCUT2D eigenvalue weighted by Gasteiger charge is -2.03. The molecule has 0 aliphatic heterocycles. The lowest BCUT2D eigenvalue weighted by molar-refractivity contribution is -0.384. The maximum absolute atomic E-state index is 11.1. The van der Waals surface area contributed by atoms with E-state index in [9.17, 15) is 14.9 Å². The Morgan fingerprint density at radius 2 is 2.26 bits per heavy atom. The highest BCUT2D eigenvalue weighted by Crippen LogP contribution is 2.26. The summed E-state index contributed by atoms with van der Waals surface area (Å²) in [5.41, 5.74) is 0.575. The number of nitrogens with zero attached hydrogens (tertiary/aromatic N) is 2. The molecule has 2 aromatic rings. The van der Waals surface area contributed by atoms with Crippen LogP contribution in [-0.4, -0.2) is 34.3 Å². The number of hydrogen-bond donors (Lipinski definition) is 1. The lowest BCUT2D eigenvalue weighted by Crippen LogP contribution is -2.03. The predicted molar refractivity (Wildman–Crippen MR) is 67.4 cm³/mol. The Balaban J connectivity index is 2.61. The summed E-state index contributed by atoms with van der Waals surface area (Å²) in [5, 5.41) is 20.4.